The van der Waals surface area contributed by atoms with Gasteiger partial charge in [0.1, 0.15) is 12.4 Å². The molecular weight excluding hydrogens is 334 g/mol. The van der Waals surface area contributed by atoms with Crippen LogP contribution < -0.4 is 20.3 Å². The zero-order valence-electron chi connectivity index (χ0n) is 15.6. The highest BCUT2D eigenvalue weighted by molar-refractivity contribution is 6.00. The highest BCUT2D eigenvalue weighted by atomic mass is 16.5. The summed E-state index contributed by atoms with van der Waals surface area (Å²) < 4.78 is 11.4. The zero-order chi connectivity index (χ0) is 18.7. The first kappa shape index (κ1) is 18.5. The molecule has 0 saturated carbocycles. The van der Waals surface area contributed by atoms with E-state index in [4.69, 9.17) is 9.47 Å². The molecule has 7 nitrogen and oxygen atoms in total. The Morgan fingerprint density at radius 1 is 1.38 bits per heavy atom. The molecule has 3 rings (SSSR count). The number of rotatable bonds is 4. The Bertz CT molecular complexity index is 683. The van der Waals surface area contributed by atoms with Crippen LogP contribution in [0.2, 0.25) is 0 Å². The molecule has 3 amide bonds. The lowest BCUT2D eigenvalue weighted by Crippen LogP contribution is -2.42. The molecule has 2 heterocycles. The molecular formula is C19H27N3O4. The van der Waals surface area contributed by atoms with Crippen molar-refractivity contribution in [3.63, 3.8) is 0 Å². The molecule has 2 aliphatic rings. The van der Waals surface area contributed by atoms with E-state index in [-0.39, 0.29) is 18.0 Å². The number of nitrogens with one attached hydrogen (secondary N) is 2. The van der Waals surface area contributed by atoms with Crippen LogP contribution in [0.5, 0.6) is 5.75 Å². The topological polar surface area (TPSA) is 79.9 Å². The number of hydrogen-bond acceptors (Lipinski definition) is 4. The SMILES string of the molecule is CCN1C(=O)C(C)(C)COc2cc(NC(=O)NCC3CCCO3)ccc21. The molecule has 0 aromatic heterocycles. The van der Waals surface area contributed by atoms with E-state index in [9.17, 15) is 9.59 Å². The van der Waals surface area contributed by atoms with Gasteiger partial charge in [0, 0.05) is 31.5 Å². The van der Waals surface area contributed by atoms with Crippen molar-refractivity contribution in [1.82, 2.24) is 5.32 Å². The van der Waals surface area contributed by atoms with Gasteiger partial charge in [-0.2, -0.15) is 0 Å². The summed E-state index contributed by atoms with van der Waals surface area (Å²) in [7, 11) is 0. The lowest BCUT2D eigenvalue weighted by Gasteiger charge is -2.26. The molecule has 0 radical (unpaired) electrons. The van der Waals surface area contributed by atoms with Gasteiger partial charge < -0.3 is 25.0 Å². The first-order valence-corrected chi connectivity index (χ1v) is 9.16. The average Bonchev–Trinajstić information content (AvgIpc) is 3.10. The monoisotopic (exact) mass is 361 g/mol. The van der Waals surface area contributed by atoms with Gasteiger partial charge in [0.25, 0.3) is 0 Å². The van der Waals surface area contributed by atoms with Crippen molar-refractivity contribution in [2.45, 2.75) is 39.7 Å². The number of nitrogens with zero attached hydrogens (tertiary/aromatic N) is 1. The lowest BCUT2D eigenvalue weighted by molar-refractivity contribution is -0.127. The van der Waals surface area contributed by atoms with Crippen molar-refractivity contribution < 1.29 is 19.1 Å². The molecule has 2 aliphatic heterocycles. The number of hydrogen-bond donors (Lipinski definition) is 2. The highest BCUT2D eigenvalue weighted by Crippen LogP contribution is 2.38. The fourth-order valence-corrected chi connectivity index (χ4v) is 3.23. The Labute approximate surface area is 154 Å². The maximum atomic E-state index is 12.7. The van der Waals surface area contributed by atoms with E-state index in [0.29, 0.717) is 31.1 Å². The summed E-state index contributed by atoms with van der Waals surface area (Å²) in [5.74, 6) is 0.636. The Kier molecular flexibility index (Phi) is 5.36. The molecule has 1 fully saturated rings. The summed E-state index contributed by atoms with van der Waals surface area (Å²) >= 11 is 0. The third kappa shape index (κ3) is 3.93. The van der Waals surface area contributed by atoms with Gasteiger partial charge in [0.05, 0.1) is 17.2 Å². The molecule has 2 N–H and O–H groups in total. The van der Waals surface area contributed by atoms with Gasteiger partial charge in [-0.1, -0.05) is 0 Å². The first-order valence-electron chi connectivity index (χ1n) is 9.16. The van der Waals surface area contributed by atoms with E-state index in [0.717, 1.165) is 25.1 Å². The van der Waals surface area contributed by atoms with Crippen molar-refractivity contribution in [1.29, 1.82) is 0 Å². The van der Waals surface area contributed by atoms with Gasteiger partial charge in [-0.3, -0.25) is 4.79 Å². The van der Waals surface area contributed by atoms with E-state index >= 15 is 0 Å². The van der Waals surface area contributed by atoms with Crippen molar-refractivity contribution >= 4 is 23.3 Å². The maximum Gasteiger partial charge on any atom is 0.319 e. The van der Waals surface area contributed by atoms with Crippen molar-refractivity contribution in [3.05, 3.63) is 18.2 Å². The van der Waals surface area contributed by atoms with Crippen LogP contribution in [-0.4, -0.2) is 44.3 Å². The summed E-state index contributed by atoms with van der Waals surface area (Å²) in [6.45, 7) is 7.81. The molecule has 1 atom stereocenters. The van der Waals surface area contributed by atoms with E-state index < -0.39 is 5.41 Å². The van der Waals surface area contributed by atoms with Gasteiger partial charge in [0.15, 0.2) is 0 Å². The second-order valence-electron chi connectivity index (χ2n) is 7.37. The van der Waals surface area contributed by atoms with Crippen LogP contribution in [0.4, 0.5) is 16.2 Å². The lowest BCUT2D eigenvalue weighted by atomic mass is 9.93. The normalized spacial score (nSPS) is 21.6. The van der Waals surface area contributed by atoms with Gasteiger partial charge in [-0.25, -0.2) is 4.79 Å². The summed E-state index contributed by atoms with van der Waals surface area (Å²) in [6.07, 6.45) is 2.12. The maximum absolute atomic E-state index is 12.7. The fraction of sp³-hybridized carbons (Fsp3) is 0.579. The predicted molar refractivity (Wildman–Crippen MR) is 99.7 cm³/mol. The van der Waals surface area contributed by atoms with E-state index in [1.165, 1.54) is 0 Å². The second-order valence-corrected chi connectivity index (χ2v) is 7.37. The van der Waals surface area contributed by atoms with E-state index in [1.54, 1.807) is 17.0 Å². The Morgan fingerprint density at radius 2 is 2.19 bits per heavy atom. The van der Waals surface area contributed by atoms with Gasteiger partial charge in [-0.05, 0) is 45.7 Å². The summed E-state index contributed by atoms with van der Waals surface area (Å²) in [4.78, 5) is 26.5. The van der Waals surface area contributed by atoms with Crippen LogP contribution in [0.15, 0.2) is 18.2 Å². The number of carbonyl (C=O) groups is 2. The van der Waals surface area contributed by atoms with Crippen LogP contribution in [0, 0.1) is 5.41 Å². The second kappa shape index (κ2) is 7.53. The summed E-state index contributed by atoms with van der Waals surface area (Å²) in [5, 5.41) is 5.64. The van der Waals surface area contributed by atoms with Crippen LogP contribution >= 0.6 is 0 Å². The zero-order valence-corrected chi connectivity index (χ0v) is 15.6. The van der Waals surface area contributed by atoms with E-state index in [2.05, 4.69) is 10.6 Å². The number of urea groups is 1. The predicted octanol–water partition coefficient (Wildman–Crippen LogP) is 2.76. The van der Waals surface area contributed by atoms with Crippen molar-refractivity contribution in [3.8, 4) is 5.75 Å². The summed E-state index contributed by atoms with van der Waals surface area (Å²) in [6, 6.07) is 5.08. The molecule has 1 saturated heterocycles. The number of amides is 3. The standard InChI is InChI=1S/C19H27N3O4/c1-4-22-15-8-7-13(10-16(15)26-12-19(2,3)17(22)23)21-18(24)20-11-14-6-5-9-25-14/h7-8,10,14H,4-6,9,11-12H2,1-3H3,(H2,20,21,24). The number of ether oxygens (including phenoxy) is 2. The minimum Gasteiger partial charge on any atom is -0.490 e. The largest absolute Gasteiger partial charge is 0.490 e. The van der Waals surface area contributed by atoms with Crippen LogP contribution in [0.3, 0.4) is 0 Å². The third-order valence-electron chi connectivity index (χ3n) is 4.75. The fourth-order valence-electron chi connectivity index (χ4n) is 3.23. The van der Waals surface area contributed by atoms with E-state index in [1.807, 2.05) is 26.8 Å². The van der Waals surface area contributed by atoms with Crippen molar-refractivity contribution in [2.24, 2.45) is 5.41 Å². The first-order chi connectivity index (χ1) is 12.4. The number of benzene rings is 1. The molecule has 1 aromatic carbocycles. The molecule has 1 unspecified atom stereocenters. The smallest absolute Gasteiger partial charge is 0.319 e. The quantitative estimate of drug-likeness (QED) is 0.864. The van der Waals surface area contributed by atoms with Gasteiger partial charge in [0.2, 0.25) is 5.91 Å². The van der Waals surface area contributed by atoms with Gasteiger partial charge in [-0.15, -0.1) is 0 Å². The molecule has 142 valence electrons. The van der Waals surface area contributed by atoms with Crippen molar-refractivity contribution in [2.75, 3.05) is 36.5 Å². The molecule has 0 aliphatic carbocycles. The average molecular weight is 361 g/mol. The molecule has 1 aromatic rings. The highest BCUT2D eigenvalue weighted by Gasteiger charge is 2.37. The van der Waals surface area contributed by atoms with Crippen LogP contribution in [0.25, 0.3) is 0 Å². The Morgan fingerprint density at radius 3 is 2.88 bits per heavy atom. The number of carbonyl (C=O) groups excluding carboxylic acids is 2. The molecule has 26 heavy (non-hydrogen) atoms. The minimum absolute atomic E-state index is 0.0359. The minimum atomic E-state index is -0.596. The number of fused-ring (bicyclic) bond motifs is 1. The van der Waals surface area contributed by atoms with Crippen LogP contribution in [0.1, 0.15) is 33.6 Å². The van der Waals surface area contributed by atoms with Crippen LogP contribution in [-0.2, 0) is 9.53 Å². The molecule has 7 heteroatoms. The summed E-state index contributed by atoms with van der Waals surface area (Å²) in [5.41, 5.74) is 0.756. The Hall–Kier alpha value is -2.28. The third-order valence-corrected chi connectivity index (χ3v) is 4.75. The van der Waals surface area contributed by atoms with Gasteiger partial charge >= 0.3 is 6.03 Å². The Balaban J connectivity index is 1.69. The molecule has 0 bridgehead atoms. The molecule has 0 spiro atoms. The number of anilines is 2.